The minimum Gasteiger partial charge on any atom is -0.344 e. The van der Waals surface area contributed by atoms with Gasteiger partial charge in [-0.25, -0.2) is 0 Å². The molecule has 0 radical (unpaired) electrons. The van der Waals surface area contributed by atoms with Gasteiger partial charge in [-0.1, -0.05) is 35.5 Å². The standard InChI is InChI=1S/C15H12F3N5O2/c1-23-8-10(12(21-23)9-5-3-2-4-6-9)13(24)19-7-11-20-14(25-22-11)15(16,17)18/h2-6,8H,7H2,1H3,(H,19,24). The van der Waals surface area contributed by atoms with Crippen molar-refractivity contribution in [3.05, 3.63) is 53.8 Å². The zero-order chi connectivity index (χ0) is 18.0. The van der Waals surface area contributed by atoms with Gasteiger partial charge in [0, 0.05) is 18.8 Å². The topological polar surface area (TPSA) is 85.8 Å². The van der Waals surface area contributed by atoms with Gasteiger partial charge in [-0.3, -0.25) is 9.48 Å². The first-order valence-electron chi connectivity index (χ1n) is 7.11. The summed E-state index contributed by atoms with van der Waals surface area (Å²) in [5.74, 6) is -2.24. The lowest BCUT2D eigenvalue weighted by Crippen LogP contribution is -2.23. The Morgan fingerprint density at radius 1 is 1.28 bits per heavy atom. The lowest BCUT2D eigenvalue weighted by molar-refractivity contribution is -0.159. The fourth-order valence-electron chi connectivity index (χ4n) is 2.16. The average molecular weight is 351 g/mol. The van der Waals surface area contributed by atoms with E-state index in [-0.39, 0.29) is 17.9 Å². The number of alkyl halides is 3. The molecule has 0 aliphatic heterocycles. The zero-order valence-corrected chi connectivity index (χ0v) is 12.9. The van der Waals surface area contributed by atoms with Gasteiger partial charge < -0.3 is 9.84 Å². The van der Waals surface area contributed by atoms with Crippen molar-refractivity contribution in [2.75, 3.05) is 0 Å². The second kappa shape index (κ2) is 6.38. The van der Waals surface area contributed by atoms with Crippen LogP contribution in [-0.4, -0.2) is 25.8 Å². The van der Waals surface area contributed by atoms with Crippen molar-refractivity contribution in [3.63, 3.8) is 0 Å². The van der Waals surface area contributed by atoms with Gasteiger partial charge in [0.1, 0.15) is 5.69 Å². The van der Waals surface area contributed by atoms with Crippen LogP contribution in [0.4, 0.5) is 13.2 Å². The molecule has 2 heterocycles. The first-order valence-corrected chi connectivity index (χ1v) is 7.11. The number of carbonyl (C=O) groups is 1. The lowest BCUT2D eigenvalue weighted by atomic mass is 10.1. The smallest absolute Gasteiger partial charge is 0.344 e. The molecule has 0 bridgehead atoms. The predicted octanol–water partition coefficient (Wildman–Crippen LogP) is 2.42. The van der Waals surface area contributed by atoms with E-state index >= 15 is 0 Å². The van der Waals surface area contributed by atoms with Crippen LogP contribution in [0.15, 0.2) is 41.1 Å². The number of nitrogens with zero attached hydrogens (tertiary/aromatic N) is 4. The number of amides is 1. The third-order valence-corrected chi connectivity index (χ3v) is 3.24. The van der Waals surface area contributed by atoms with Crippen LogP contribution in [0.3, 0.4) is 0 Å². The van der Waals surface area contributed by atoms with Crippen molar-refractivity contribution in [3.8, 4) is 11.3 Å². The summed E-state index contributed by atoms with van der Waals surface area (Å²) in [5, 5.41) is 9.90. The summed E-state index contributed by atoms with van der Waals surface area (Å²) in [6.45, 7) is -0.304. The molecule has 1 aromatic carbocycles. The van der Waals surface area contributed by atoms with Gasteiger partial charge in [-0.15, -0.1) is 0 Å². The third-order valence-electron chi connectivity index (χ3n) is 3.24. The van der Waals surface area contributed by atoms with Crippen molar-refractivity contribution < 1.29 is 22.5 Å². The molecule has 130 valence electrons. The molecule has 0 unspecified atom stereocenters. The summed E-state index contributed by atoms with van der Waals surface area (Å²) in [7, 11) is 1.66. The molecule has 2 aromatic heterocycles. The number of hydrogen-bond donors (Lipinski definition) is 1. The number of aryl methyl sites for hydroxylation is 1. The summed E-state index contributed by atoms with van der Waals surface area (Å²) in [6.07, 6.45) is -3.20. The van der Waals surface area contributed by atoms with Crippen LogP contribution in [0.25, 0.3) is 11.3 Å². The van der Waals surface area contributed by atoms with E-state index in [1.807, 2.05) is 18.2 Å². The second-order valence-corrected chi connectivity index (χ2v) is 5.13. The van der Waals surface area contributed by atoms with Crippen molar-refractivity contribution in [1.82, 2.24) is 25.2 Å². The first kappa shape index (κ1) is 16.7. The van der Waals surface area contributed by atoms with E-state index in [0.29, 0.717) is 5.69 Å². The van der Waals surface area contributed by atoms with E-state index in [1.54, 1.807) is 19.2 Å². The third kappa shape index (κ3) is 3.67. The quantitative estimate of drug-likeness (QED) is 0.780. The van der Waals surface area contributed by atoms with Crippen LogP contribution in [-0.2, 0) is 19.8 Å². The van der Waals surface area contributed by atoms with Gasteiger partial charge in [0.25, 0.3) is 5.91 Å². The summed E-state index contributed by atoms with van der Waals surface area (Å²) < 4.78 is 42.8. The maximum absolute atomic E-state index is 12.4. The molecular weight excluding hydrogens is 339 g/mol. The van der Waals surface area contributed by atoms with Gasteiger partial charge in [0.15, 0.2) is 5.82 Å². The highest BCUT2D eigenvalue weighted by Gasteiger charge is 2.38. The number of benzene rings is 1. The van der Waals surface area contributed by atoms with Gasteiger partial charge in [0.2, 0.25) is 0 Å². The Morgan fingerprint density at radius 2 is 2.00 bits per heavy atom. The Labute approximate surface area is 139 Å². The summed E-state index contributed by atoms with van der Waals surface area (Å²) in [5.41, 5.74) is 1.49. The number of carbonyl (C=O) groups excluding carboxylic acids is 1. The maximum Gasteiger partial charge on any atom is 0.471 e. The highest BCUT2D eigenvalue weighted by Crippen LogP contribution is 2.27. The number of halogens is 3. The normalized spacial score (nSPS) is 11.5. The Balaban J connectivity index is 1.75. The molecule has 3 rings (SSSR count). The van der Waals surface area contributed by atoms with Crippen LogP contribution < -0.4 is 5.32 Å². The molecule has 1 N–H and O–H groups in total. The first-order chi connectivity index (χ1) is 11.8. The fraction of sp³-hybridized carbons (Fsp3) is 0.200. The monoisotopic (exact) mass is 351 g/mol. The van der Waals surface area contributed by atoms with Crippen LogP contribution >= 0.6 is 0 Å². The van der Waals surface area contributed by atoms with Crippen molar-refractivity contribution in [2.24, 2.45) is 7.05 Å². The maximum atomic E-state index is 12.4. The van der Waals surface area contributed by atoms with E-state index in [9.17, 15) is 18.0 Å². The molecule has 7 nitrogen and oxygen atoms in total. The van der Waals surface area contributed by atoms with Crippen LogP contribution in [0.5, 0.6) is 0 Å². The molecule has 0 spiro atoms. The van der Waals surface area contributed by atoms with E-state index in [2.05, 4.69) is 25.1 Å². The van der Waals surface area contributed by atoms with E-state index < -0.39 is 18.0 Å². The van der Waals surface area contributed by atoms with Crippen molar-refractivity contribution in [1.29, 1.82) is 0 Å². The largest absolute Gasteiger partial charge is 0.471 e. The lowest BCUT2D eigenvalue weighted by Gasteiger charge is -2.03. The Kier molecular flexibility index (Phi) is 4.26. The number of rotatable bonds is 4. The highest BCUT2D eigenvalue weighted by atomic mass is 19.4. The summed E-state index contributed by atoms with van der Waals surface area (Å²) in [6, 6.07) is 9.05. The Hall–Kier alpha value is -3.17. The molecule has 10 heteroatoms. The number of aromatic nitrogens is 4. The van der Waals surface area contributed by atoms with Gasteiger partial charge >= 0.3 is 12.1 Å². The summed E-state index contributed by atoms with van der Waals surface area (Å²) in [4.78, 5) is 15.6. The summed E-state index contributed by atoms with van der Waals surface area (Å²) >= 11 is 0. The van der Waals surface area contributed by atoms with Gasteiger partial charge in [-0.05, 0) is 0 Å². The molecule has 0 saturated carbocycles. The second-order valence-electron chi connectivity index (χ2n) is 5.13. The average Bonchev–Trinajstić information content (AvgIpc) is 3.20. The SMILES string of the molecule is Cn1cc(C(=O)NCc2noc(C(F)(F)F)n2)c(-c2ccccc2)n1. The molecule has 0 aliphatic carbocycles. The highest BCUT2D eigenvalue weighted by molar-refractivity contribution is 5.99. The number of nitrogens with one attached hydrogen (secondary N) is 1. The molecule has 0 fully saturated rings. The molecule has 0 saturated heterocycles. The van der Waals surface area contributed by atoms with E-state index in [4.69, 9.17) is 0 Å². The minimum absolute atomic E-state index is 0.272. The molecule has 1 amide bonds. The van der Waals surface area contributed by atoms with Gasteiger partial charge in [-0.2, -0.15) is 23.3 Å². The number of hydrogen-bond acceptors (Lipinski definition) is 5. The van der Waals surface area contributed by atoms with Crippen molar-refractivity contribution in [2.45, 2.75) is 12.7 Å². The van der Waals surface area contributed by atoms with Crippen LogP contribution in [0, 0.1) is 0 Å². The molecular formula is C15H12F3N5O2. The Bertz CT molecular complexity index is 886. The molecule has 0 aliphatic rings. The molecule has 3 aromatic rings. The molecule has 0 atom stereocenters. The van der Waals surface area contributed by atoms with Gasteiger partial charge in [0.05, 0.1) is 12.1 Å². The zero-order valence-electron chi connectivity index (χ0n) is 12.9. The predicted molar refractivity (Wildman–Crippen MR) is 79.1 cm³/mol. The Morgan fingerprint density at radius 3 is 2.64 bits per heavy atom. The van der Waals surface area contributed by atoms with Crippen LogP contribution in [0.2, 0.25) is 0 Å². The molecule has 25 heavy (non-hydrogen) atoms. The van der Waals surface area contributed by atoms with Crippen LogP contribution in [0.1, 0.15) is 22.1 Å². The minimum atomic E-state index is -4.72. The van der Waals surface area contributed by atoms with Crippen molar-refractivity contribution >= 4 is 5.91 Å². The van der Waals surface area contributed by atoms with E-state index in [0.717, 1.165) is 5.56 Å². The van der Waals surface area contributed by atoms with E-state index in [1.165, 1.54) is 10.9 Å². The fourth-order valence-corrected chi connectivity index (χ4v) is 2.16.